The van der Waals surface area contributed by atoms with Gasteiger partial charge in [-0.15, -0.1) is 0 Å². The molecule has 0 heterocycles. The van der Waals surface area contributed by atoms with E-state index in [-0.39, 0.29) is 0 Å². The van der Waals surface area contributed by atoms with Crippen LogP contribution < -0.4 is 10.1 Å². The van der Waals surface area contributed by atoms with Crippen LogP contribution in [0.1, 0.15) is 12.0 Å². The van der Waals surface area contributed by atoms with E-state index in [4.69, 9.17) is 9.47 Å². The number of hydrogen-bond acceptors (Lipinski definition) is 3. The Morgan fingerprint density at radius 2 is 1.95 bits per heavy atom. The third-order valence-electron chi connectivity index (χ3n) is 3.17. The fourth-order valence-electron chi connectivity index (χ4n) is 2.11. The third kappa shape index (κ3) is 4.00. The van der Waals surface area contributed by atoms with E-state index in [1.165, 1.54) is 22.6 Å². The van der Waals surface area contributed by atoms with Crippen LogP contribution in [0, 0.1) is 0 Å². The number of fused-ring (bicyclic) bond motifs is 1. The predicted octanol–water partition coefficient (Wildman–Crippen LogP) is 3.49. The summed E-state index contributed by atoms with van der Waals surface area (Å²) in [4.78, 5) is 0. The molecule has 2 aromatic rings. The van der Waals surface area contributed by atoms with Gasteiger partial charge in [0.15, 0.2) is 0 Å². The molecule has 3 nitrogen and oxygen atoms in total. The maximum Gasteiger partial charge on any atom is 0.119 e. The first-order chi connectivity index (χ1) is 9.83. The predicted molar refractivity (Wildman–Crippen MR) is 83.0 cm³/mol. The normalized spacial score (nSPS) is 10.4. The van der Waals surface area contributed by atoms with Gasteiger partial charge < -0.3 is 14.8 Å². The zero-order valence-corrected chi connectivity index (χ0v) is 11.9. The van der Waals surface area contributed by atoms with E-state index in [2.05, 4.69) is 42.2 Å². The van der Waals surface area contributed by atoms with Crippen molar-refractivity contribution in [3.63, 3.8) is 0 Å². The van der Waals surface area contributed by atoms with Crippen LogP contribution in [0.25, 0.3) is 10.8 Å². The van der Waals surface area contributed by atoms with E-state index in [0.29, 0.717) is 6.61 Å². The van der Waals surface area contributed by atoms with Gasteiger partial charge in [0.1, 0.15) is 5.75 Å². The summed E-state index contributed by atoms with van der Waals surface area (Å²) in [5.74, 6) is 0.894. The fourth-order valence-corrected chi connectivity index (χ4v) is 2.11. The molecule has 0 saturated carbocycles. The van der Waals surface area contributed by atoms with Crippen molar-refractivity contribution in [1.82, 2.24) is 5.32 Å². The molecule has 2 rings (SSSR count). The van der Waals surface area contributed by atoms with Gasteiger partial charge in [-0.1, -0.05) is 24.8 Å². The van der Waals surface area contributed by atoms with Crippen LogP contribution in [0.5, 0.6) is 5.75 Å². The molecule has 20 heavy (non-hydrogen) atoms. The Morgan fingerprint density at radius 3 is 2.75 bits per heavy atom. The number of hydrogen-bond donors (Lipinski definition) is 1. The standard InChI is InChI=1S/C17H21NO2/c1-3-20-10-4-9-18-13-14-5-6-16-12-17(19-2)8-7-15(16)11-14/h3,5-8,11-12,18H,1,4,9-10,13H2,2H3. The van der Waals surface area contributed by atoms with Gasteiger partial charge in [0.05, 0.1) is 20.0 Å². The second-order valence-electron chi connectivity index (χ2n) is 4.62. The van der Waals surface area contributed by atoms with Gasteiger partial charge in [-0.25, -0.2) is 0 Å². The second kappa shape index (κ2) is 7.56. The summed E-state index contributed by atoms with van der Waals surface area (Å²) < 4.78 is 10.3. The Hall–Kier alpha value is -2.00. The van der Waals surface area contributed by atoms with Gasteiger partial charge >= 0.3 is 0 Å². The van der Waals surface area contributed by atoms with Crippen LogP contribution in [0.3, 0.4) is 0 Å². The molecule has 0 fully saturated rings. The molecule has 0 atom stereocenters. The molecule has 0 aliphatic rings. The largest absolute Gasteiger partial charge is 0.502 e. The van der Waals surface area contributed by atoms with Gasteiger partial charge in [0.2, 0.25) is 0 Å². The molecule has 0 radical (unpaired) electrons. The summed E-state index contributed by atoms with van der Waals surface area (Å²) in [6, 6.07) is 12.6. The van der Waals surface area contributed by atoms with Crippen LogP contribution in [-0.4, -0.2) is 20.3 Å². The SMILES string of the molecule is C=COCCCNCc1ccc2cc(OC)ccc2c1. The van der Waals surface area contributed by atoms with Crippen molar-refractivity contribution in [2.24, 2.45) is 0 Å². The minimum Gasteiger partial charge on any atom is -0.502 e. The second-order valence-corrected chi connectivity index (χ2v) is 4.62. The zero-order valence-electron chi connectivity index (χ0n) is 11.9. The number of methoxy groups -OCH3 is 1. The molecular weight excluding hydrogens is 250 g/mol. The van der Waals surface area contributed by atoms with Crippen molar-refractivity contribution >= 4 is 10.8 Å². The molecular formula is C17H21NO2. The third-order valence-corrected chi connectivity index (χ3v) is 3.17. The molecule has 1 N–H and O–H groups in total. The first kappa shape index (κ1) is 14.4. The molecule has 0 amide bonds. The van der Waals surface area contributed by atoms with Crippen LogP contribution >= 0.6 is 0 Å². The minimum atomic E-state index is 0.716. The van der Waals surface area contributed by atoms with Crippen molar-refractivity contribution in [2.75, 3.05) is 20.3 Å². The van der Waals surface area contributed by atoms with E-state index >= 15 is 0 Å². The maximum atomic E-state index is 5.23. The highest BCUT2D eigenvalue weighted by atomic mass is 16.5. The quantitative estimate of drug-likeness (QED) is 0.589. The maximum absolute atomic E-state index is 5.23. The number of rotatable bonds is 8. The molecule has 0 aliphatic heterocycles. The Bertz CT molecular complexity index is 566. The van der Waals surface area contributed by atoms with Crippen LogP contribution in [0.15, 0.2) is 49.2 Å². The zero-order chi connectivity index (χ0) is 14.2. The van der Waals surface area contributed by atoms with Crippen molar-refractivity contribution in [1.29, 1.82) is 0 Å². The molecule has 2 aromatic carbocycles. The molecule has 0 bridgehead atoms. The lowest BCUT2D eigenvalue weighted by atomic mass is 10.1. The summed E-state index contributed by atoms with van der Waals surface area (Å²) in [6.45, 7) is 6.04. The smallest absolute Gasteiger partial charge is 0.119 e. The molecule has 0 unspecified atom stereocenters. The van der Waals surface area contributed by atoms with Gasteiger partial charge in [0.25, 0.3) is 0 Å². The first-order valence-corrected chi connectivity index (χ1v) is 6.83. The highest BCUT2D eigenvalue weighted by Gasteiger charge is 1.99. The number of benzene rings is 2. The van der Waals surface area contributed by atoms with Gasteiger partial charge in [-0.2, -0.15) is 0 Å². The number of ether oxygens (including phenoxy) is 2. The average Bonchev–Trinajstić information content (AvgIpc) is 2.50. The average molecular weight is 271 g/mol. The minimum absolute atomic E-state index is 0.716. The van der Waals surface area contributed by atoms with Crippen LogP contribution in [0.4, 0.5) is 0 Å². The van der Waals surface area contributed by atoms with E-state index in [1.807, 2.05) is 6.07 Å². The Morgan fingerprint density at radius 1 is 1.15 bits per heavy atom. The first-order valence-electron chi connectivity index (χ1n) is 6.83. The Labute approximate surface area is 120 Å². The van der Waals surface area contributed by atoms with Gasteiger partial charge in [-0.3, -0.25) is 0 Å². The fraction of sp³-hybridized carbons (Fsp3) is 0.294. The summed E-state index contributed by atoms with van der Waals surface area (Å²) in [7, 11) is 1.69. The lowest BCUT2D eigenvalue weighted by Gasteiger charge is -2.07. The summed E-state index contributed by atoms with van der Waals surface area (Å²) in [6.07, 6.45) is 2.47. The molecule has 0 spiro atoms. The van der Waals surface area contributed by atoms with Crippen molar-refractivity contribution in [2.45, 2.75) is 13.0 Å². The van der Waals surface area contributed by atoms with Gasteiger partial charge in [0, 0.05) is 6.54 Å². The van der Waals surface area contributed by atoms with E-state index in [0.717, 1.165) is 25.3 Å². The molecule has 0 aliphatic carbocycles. The van der Waals surface area contributed by atoms with Crippen molar-refractivity contribution < 1.29 is 9.47 Å². The van der Waals surface area contributed by atoms with Crippen molar-refractivity contribution in [3.8, 4) is 5.75 Å². The molecule has 3 heteroatoms. The molecule has 0 saturated heterocycles. The summed E-state index contributed by atoms with van der Waals surface area (Å²) >= 11 is 0. The van der Waals surface area contributed by atoms with Gasteiger partial charge in [-0.05, 0) is 47.5 Å². The van der Waals surface area contributed by atoms with Crippen molar-refractivity contribution in [3.05, 3.63) is 54.8 Å². The monoisotopic (exact) mass is 271 g/mol. The Balaban J connectivity index is 1.89. The summed E-state index contributed by atoms with van der Waals surface area (Å²) in [5, 5.41) is 5.85. The molecule has 0 aromatic heterocycles. The lowest BCUT2D eigenvalue weighted by molar-refractivity contribution is 0.244. The van der Waals surface area contributed by atoms with Crippen LogP contribution in [0.2, 0.25) is 0 Å². The van der Waals surface area contributed by atoms with E-state index < -0.39 is 0 Å². The topological polar surface area (TPSA) is 30.5 Å². The molecule has 106 valence electrons. The number of nitrogens with one attached hydrogen (secondary N) is 1. The van der Waals surface area contributed by atoms with E-state index in [1.54, 1.807) is 7.11 Å². The lowest BCUT2D eigenvalue weighted by Crippen LogP contribution is -2.15. The Kier molecular flexibility index (Phi) is 5.44. The summed E-state index contributed by atoms with van der Waals surface area (Å²) in [5.41, 5.74) is 1.28. The highest BCUT2D eigenvalue weighted by molar-refractivity contribution is 5.84. The van der Waals surface area contributed by atoms with E-state index in [9.17, 15) is 0 Å². The highest BCUT2D eigenvalue weighted by Crippen LogP contribution is 2.21. The van der Waals surface area contributed by atoms with Crippen LogP contribution in [-0.2, 0) is 11.3 Å².